The van der Waals surface area contributed by atoms with E-state index >= 15 is 0 Å². The summed E-state index contributed by atoms with van der Waals surface area (Å²) in [6.07, 6.45) is 1.07. The van der Waals surface area contributed by atoms with Crippen LogP contribution < -0.4 is 10.6 Å². The van der Waals surface area contributed by atoms with Crippen LogP contribution in [-0.4, -0.2) is 17.9 Å². The van der Waals surface area contributed by atoms with Gasteiger partial charge in [0.1, 0.15) is 11.6 Å². The van der Waals surface area contributed by atoms with Crippen LogP contribution in [0.25, 0.3) is 0 Å². The highest BCUT2D eigenvalue weighted by Gasteiger charge is 2.13. The molecule has 20 heavy (non-hydrogen) atoms. The molecule has 0 aliphatic carbocycles. The zero-order valence-electron chi connectivity index (χ0n) is 10.8. The number of anilines is 1. The Kier molecular flexibility index (Phi) is 4.68. The van der Waals surface area contributed by atoms with Crippen molar-refractivity contribution in [3.8, 4) is 0 Å². The summed E-state index contributed by atoms with van der Waals surface area (Å²) in [5.41, 5.74) is 1.12. The Morgan fingerprint density at radius 2 is 2.15 bits per heavy atom. The summed E-state index contributed by atoms with van der Waals surface area (Å²) in [4.78, 5) is 15.9. The molecule has 0 bridgehead atoms. The fourth-order valence-corrected chi connectivity index (χ4v) is 2.15. The highest BCUT2D eigenvalue weighted by atomic mass is 79.9. The van der Waals surface area contributed by atoms with Crippen molar-refractivity contribution < 1.29 is 9.18 Å². The highest BCUT2D eigenvalue weighted by Crippen LogP contribution is 2.16. The molecular weight excluding hydrogens is 325 g/mol. The number of nitrogens with one attached hydrogen (secondary N) is 2. The Morgan fingerprint density at radius 3 is 2.85 bits per heavy atom. The lowest BCUT2D eigenvalue weighted by Crippen LogP contribution is -2.24. The molecule has 1 heterocycles. The third-order valence-corrected chi connectivity index (χ3v) is 3.51. The lowest BCUT2D eigenvalue weighted by atomic mass is 10.2. The maximum Gasteiger partial charge on any atom is 0.255 e. The van der Waals surface area contributed by atoms with Gasteiger partial charge in [-0.1, -0.05) is 34.1 Å². The van der Waals surface area contributed by atoms with E-state index in [9.17, 15) is 9.18 Å². The number of carbonyl (C=O) groups excluding carboxylic acids is 1. The van der Waals surface area contributed by atoms with Gasteiger partial charge in [0.25, 0.3) is 5.91 Å². The van der Waals surface area contributed by atoms with E-state index in [1.165, 1.54) is 0 Å². The van der Waals surface area contributed by atoms with Crippen molar-refractivity contribution in [3.05, 3.63) is 57.9 Å². The molecule has 1 aromatic heterocycles. The van der Waals surface area contributed by atoms with Crippen LogP contribution >= 0.6 is 15.9 Å². The predicted octanol–water partition coefficient (Wildman–Crippen LogP) is 2.95. The number of nitrogens with zero attached hydrogens (tertiary/aromatic N) is 1. The molecule has 0 spiro atoms. The monoisotopic (exact) mass is 337 g/mol. The van der Waals surface area contributed by atoms with Crippen molar-refractivity contribution in [3.63, 3.8) is 0 Å². The van der Waals surface area contributed by atoms with Crippen LogP contribution in [0.15, 0.2) is 41.0 Å². The van der Waals surface area contributed by atoms with Gasteiger partial charge in [-0.25, -0.2) is 9.37 Å². The molecule has 1 aromatic carbocycles. The normalized spacial score (nSPS) is 10.2. The summed E-state index contributed by atoms with van der Waals surface area (Å²) >= 11 is 3.41. The van der Waals surface area contributed by atoms with Gasteiger partial charge >= 0.3 is 0 Å². The van der Waals surface area contributed by atoms with Gasteiger partial charge in [-0.15, -0.1) is 0 Å². The Morgan fingerprint density at radius 1 is 1.40 bits per heavy atom. The molecule has 104 valence electrons. The van der Waals surface area contributed by atoms with Crippen LogP contribution in [0, 0.1) is 5.82 Å². The first kappa shape index (κ1) is 14.5. The molecule has 2 rings (SSSR count). The van der Waals surface area contributed by atoms with Gasteiger partial charge < -0.3 is 10.6 Å². The van der Waals surface area contributed by atoms with E-state index in [-0.39, 0.29) is 11.5 Å². The number of hydrogen-bond acceptors (Lipinski definition) is 3. The number of carbonyl (C=O) groups is 1. The summed E-state index contributed by atoms with van der Waals surface area (Å²) < 4.78 is 14.1. The fraction of sp³-hybridized carbons (Fsp3) is 0.143. The van der Waals surface area contributed by atoms with Gasteiger partial charge in [0.2, 0.25) is 0 Å². The van der Waals surface area contributed by atoms with Crippen LogP contribution in [0.5, 0.6) is 0 Å². The van der Waals surface area contributed by atoms with Crippen LogP contribution in [0.3, 0.4) is 0 Å². The van der Waals surface area contributed by atoms with E-state index in [1.54, 1.807) is 7.05 Å². The number of benzene rings is 1. The zero-order valence-corrected chi connectivity index (χ0v) is 12.4. The largest absolute Gasteiger partial charge is 0.372 e. The lowest BCUT2D eigenvalue weighted by Gasteiger charge is -2.10. The summed E-state index contributed by atoms with van der Waals surface area (Å²) in [6.45, 7) is 0.347. The Bertz CT molecular complexity index is 634. The molecule has 6 heteroatoms. The minimum atomic E-state index is -0.546. The van der Waals surface area contributed by atoms with E-state index in [0.717, 1.165) is 22.3 Å². The molecule has 0 unspecified atom stereocenters. The third-order valence-electron chi connectivity index (χ3n) is 2.73. The minimum absolute atomic E-state index is 0.180. The second kappa shape index (κ2) is 6.47. The average Bonchev–Trinajstić information content (AvgIpc) is 2.46. The second-order valence-corrected chi connectivity index (χ2v) is 4.93. The smallest absolute Gasteiger partial charge is 0.255 e. The average molecular weight is 338 g/mol. The highest BCUT2D eigenvalue weighted by molar-refractivity contribution is 9.10. The van der Waals surface area contributed by atoms with Gasteiger partial charge in [0.05, 0.1) is 11.8 Å². The Balaban J connectivity index is 2.13. The Labute approximate surface area is 124 Å². The molecule has 0 aliphatic heterocycles. The number of amides is 1. The summed E-state index contributed by atoms with van der Waals surface area (Å²) in [5.74, 6) is -0.580. The van der Waals surface area contributed by atoms with E-state index < -0.39 is 5.82 Å². The molecular formula is C14H13BrFN3O. The molecule has 0 atom stereocenters. The van der Waals surface area contributed by atoms with Crippen molar-refractivity contribution >= 4 is 27.7 Å². The molecule has 2 N–H and O–H groups in total. The molecule has 0 aliphatic rings. The van der Waals surface area contributed by atoms with Crippen LogP contribution in [0.2, 0.25) is 0 Å². The third kappa shape index (κ3) is 3.33. The quantitative estimate of drug-likeness (QED) is 0.901. The molecule has 4 nitrogen and oxygen atoms in total. The molecule has 0 radical (unpaired) electrons. The zero-order chi connectivity index (χ0) is 14.5. The Hall–Kier alpha value is -1.95. The summed E-state index contributed by atoms with van der Waals surface area (Å²) in [7, 11) is 1.63. The maximum atomic E-state index is 13.2. The summed E-state index contributed by atoms with van der Waals surface area (Å²) in [5, 5.41) is 5.51. The first-order valence-corrected chi connectivity index (χ1v) is 6.76. The number of hydrogen-bond donors (Lipinski definition) is 2. The number of rotatable bonds is 4. The topological polar surface area (TPSA) is 54.0 Å². The van der Waals surface area contributed by atoms with Crippen LogP contribution in [0.4, 0.5) is 10.2 Å². The van der Waals surface area contributed by atoms with Gasteiger partial charge in [0.15, 0.2) is 0 Å². The molecule has 0 fully saturated rings. The van der Waals surface area contributed by atoms with Gasteiger partial charge in [-0.2, -0.15) is 0 Å². The van der Waals surface area contributed by atoms with E-state index in [4.69, 9.17) is 0 Å². The van der Waals surface area contributed by atoms with Gasteiger partial charge in [-0.3, -0.25) is 4.79 Å². The molecule has 1 amide bonds. The van der Waals surface area contributed by atoms with E-state index in [0.29, 0.717) is 12.4 Å². The number of pyridine rings is 1. The van der Waals surface area contributed by atoms with Crippen molar-refractivity contribution in [2.24, 2.45) is 0 Å². The van der Waals surface area contributed by atoms with Crippen LogP contribution in [0.1, 0.15) is 15.9 Å². The second-order valence-electron chi connectivity index (χ2n) is 4.07. The predicted molar refractivity (Wildman–Crippen MR) is 79.1 cm³/mol. The van der Waals surface area contributed by atoms with Crippen molar-refractivity contribution in [2.75, 3.05) is 12.4 Å². The van der Waals surface area contributed by atoms with Crippen molar-refractivity contribution in [2.45, 2.75) is 6.54 Å². The SMILES string of the molecule is CNc1ncc(F)cc1C(=O)NCc1ccccc1Br. The van der Waals surface area contributed by atoms with Crippen molar-refractivity contribution in [1.82, 2.24) is 10.3 Å². The number of halogens is 2. The van der Waals surface area contributed by atoms with Gasteiger partial charge in [0, 0.05) is 18.1 Å². The van der Waals surface area contributed by atoms with Crippen LogP contribution in [-0.2, 0) is 6.54 Å². The van der Waals surface area contributed by atoms with E-state index in [1.807, 2.05) is 24.3 Å². The molecule has 2 aromatic rings. The maximum absolute atomic E-state index is 13.2. The molecule has 0 saturated carbocycles. The minimum Gasteiger partial charge on any atom is -0.372 e. The lowest BCUT2D eigenvalue weighted by molar-refractivity contribution is 0.0951. The van der Waals surface area contributed by atoms with Gasteiger partial charge in [-0.05, 0) is 17.7 Å². The number of aromatic nitrogens is 1. The van der Waals surface area contributed by atoms with E-state index in [2.05, 4.69) is 31.5 Å². The standard InChI is InChI=1S/C14H13BrFN3O/c1-17-13-11(6-10(16)8-18-13)14(20)19-7-9-4-2-3-5-12(9)15/h2-6,8H,7H2,1H3,(H,17,18)(H,19,20). The fourth-order valence-electron chi connectivity index (χ4n) is 1.72. The summed E-state index contributed by atoms with van der Waals surface area (Å²) in [6, 6.07) is 8.73. The first-order valence-electron chi connectivity index (χ1n) is 5.96. The molecule has 0 saturated heterocycles. The first-order chi connectivity index (χ1) is 9.61. The van der Waals surface area contributed by atoms with Crippen molar-refractivity contribution in [1.29, 1.82) is 0 Å².